The molecule has 5 atom stereocenters. The maximum Gasteiger partial charge on any atom is 0.338 e. The topological polar surface area (TPSA) is 124 Å². The first-order valence-electron chi connectivity index (χ1n) is 11.1. The molecule has 0 radical (unpaired) electrons. The Morgan fingerprint density at radius 1 is 1.19 bits per heavy atom. The number of fused-ring (bicyclic) bond motifs is 2. The Morgan fingerprint density at radius 3 is 2.50 bits per heavy atom. The van der Waals surface area contributed by atoms with Gasteiger partial charge < -0.3 is 25.2 Å². The van der Waals surface area contributed by atoms with Crippen molar-refractivity contribution < 1.29 is 34.8 Å². The van der Waals surface area contributed by atoms with E-state index >= 15 is 0 Å². The summed E-state index contributed by atoms with van der Waals surface area (Å²) in [7, 11) is 0. The lowest BCUT2D eigenvalue weighted by atomic mass is 9.76. The summed E-state index contributed by atoms with van der Waals surface area (Å²) in [4.78, 5) is 25.4. The minimum absolute atomic E-state index is 0.0249. The lowest BCUT2D eigenvalue weighted by molar-refractivity contribution is -0.164. The zero-order valence-electron chi connectivity index (χ0n) is 19.3. The van der Waals surface area contributed by atoms with Crippen LogP contribution in [0.3, 0.4) is 0 Å². The Bertz CT molecular complexity index is 825. The van der Waals surface area contributed by atoms with E-state index < -0.39 is 35.8 Å². The standard InChI is InChI=1S/C25H36O7/c1-5-16(14-26)9-15(2)21-12-19(27)13-22(29)25(3,4)18-8-6-7-17(10-18)11-20(28)23(30)24(31)32-21/h6-10,16,20-23,26,28-30H,5,11-14H2,1-4H3/b15-9-/t16-,20-,21+,22+,23+/m1/s1. The summed E-state index contributed by atoms with van der Waals surface area (Å²) in [6.07, 6.45) is -2.96. The van der Waals surface area contributed by atoms with Crippen molar-refractivity contribution in [3.63, 3.8) is 0 Å². The van der Waals surface area contributed by atoms with Crippen LogP contribution >= 0.6 is 0 Å². The van der Waals surface area contributed by atoms with E-state index in [1.165, 1.54) is 0 Å². The summed E-state index contributed by atoms with van der Waals surface area (Å²) < 4.78 is 5.44. The number of aliphatic hydroxyl groups is 4. The summed E-state index contributed by atoms with van der Waals surface area (Å²) in [5.41, 5.74) is 1.31. The van der Waals surface area contributed by atoms with Crippen molar-refractivity contribution >= 4 is 11.8 Å². The van der Waals surface area contributed by atoms with E-state index in [1.807, 2.05) is 26.8 Å². The summed E-state index contributed by atoms with van der Waals surface area (Å²) in [5, 5.41) is 41.2. The summed E-state index contributed by atoms with van der Waals surface area (Å²) >= 11 is 0. The fourth-order valence-electron chi connectivity index (χ4n) is 3.85. The Morgan fingerprint density at radius 2 is 1.88 bits per heavy atom. The molecule has 1 aromatic rings. The second-order valence-corrected chi connectivity index (χ2v) is 9.29. The van der Waals surface area contributed by atoms with E-state index in [9.17, 15) is 30.0 Å². The molecule has 0 unspecified atom stereocenters. The van der Waals surface area contributed by atoms with E-state index in [1.54, 1.807) is 31.2 Å². The molecule has 1 aliphatic rings. The van der Waals surface area contributed by atoms with Crippen LogP contribution in [0.25, 0.3) is 0 Å². The highest BCUT2D eigenvalue weighted by atomic mass is 16.6. The Kier molecular flexibility index (Phi) is 9.16. The summed E-state index contributed by atoms with van der Waals surface area (Å²) in [5.74, 6) is -1.48. The molecule has 178 valence electrons. The molecule has 7 nitrogen and oxygen atoms in total. The third kappa shape index (κ3) is 6.48. The number of ether oxygens (including phenoxy) is 1. The largest absolute Gasteiger partial charge is 0.455 e. The normalized spacial score (nSPS) is 28.6. The van der Waals surface area contributed by atoms with Crippen LogP contribution in [-0.2, 0) is 26.2 Å². The van der Waals surface area contributed by atoms with Crippen molar-refractivity contribution in [1.29, 1.82) is 0 Å². The van der Waals surface area contributed by atoms with E-state index in [0.29, 0.717) is 17.6 Å². The van der Waals surface area contributed by atoms with Gasteiger partial charge >= 0.3 is 5.97 Å². The Balaban J connectivity index is 2.43. The first-order chi connectivity index (χ1) is 15.0. The van der Waals surface area contributed by atoms with Gasteiger partial charge in [0.15, 0.2) is 6.10 Å². The molecule has 1 aliphatic heterocycles. The molecule has 0 aliphatic carbocycles. The van der Waals surface area contributed by atoms with Gasteiger partial charge in [-0.3, -0.25) is 4.79 Å². The number of ketones is 1. The Labute approximate surface area is 189 Å². The smallest absolute Gasteiger partial charge is 0.338 e. The average Bonchev–Trinajstić information content (AvgIpc) is 2.75. The highest BCUT2D eigenvalue weighted by Gasteiger charge is 2.35. The molecule has 0 aromatic heterocycles. The van der Waals surface area contributed by atoms with Crippen molar-refractivity contribution in [1.82, 2.24) is 0 Å². The molecule has 2 rings (SSSR count). The Hall–Kier alpha value is -2.06. The number of rotatable bonds is 4. The van der Waals surface area contributed by atoms with Crippen LogP contribution in [0, 0.1) is 5.92 Å². The van der Waals surface area contributed by atoms with E-state index in [0.717, 1.165) is 5.56 Å². The van der Waals surface area contributed by atoms with Gasteiger partial charge in [0.05, 0.1) is 12.2 Å². The molecule has 7 heteroatoms. The minimum Gasteiger partial charge on any atom is -0.455 e. The first kappa shape index (κ1) is 26.2. The number of Topliss-reactive ketones (excluding diaryl/α,β-unsaturated/α-hetero) is 1. The van der Waals surface area contributed by atoms with Crippen LogP contribution in [0.1, 0.15) is 58.1 Å². The number of carbonyl (C=O) groups is 2. The number of benzene rings is 1. The van der Waals surface area contributed by atoms with Gasteiger partial charge in [-0.05, 0) is 30.0 Å². The molecule has 0 fully saturated rings. The SMILES string of the molecule is CC[C@H](/C=C(/C)[C@@H]1CC(=O)C[C@H](O)C(C)(C)c2cccc(c2)C[C@@H](O)[C@H](O)C(=O)O1)CO. The molecule has 0 saturated heterocycles. The van der Waals surface area contributed by atoms with Crippen LogP contribution in [0.15, 0.2) is 35.9 Å². The van der Waals surface area contributed by atoms with Gasteiger partial charge in [-0.1, -0.05) is 51.1 Å². The number of aliphatic hydroxyl groups excluding tert-OH is 4. The molecule has 1 aromatic carbocycles. The van der Waals surface area contributed by atoms with E-state index in [4.69, 9.17) is 4.74 Å². The number of hydrogen-bond donors (Lipinski definition) is 4. The second-order valence-electron chi connectivity index (χ2n) is 9.29. The van der Waals surface area contributed by atoms with Crippen LogP contribution < -0.4 is 0 Å². The van der Waals surface area contributed by atoms with Crippen molar-refractivity contribution in [3.05, 3.63) is 47.0 Å². The van der Waals surface area contributed by atoms with Gasteiger partial charge in [-0.15, -0.1) is 0 Å². The maximum absolute atomic E-state index is 12.8. The highest BCUT2D eigenvalue weighted by Crippen LogP contribution is 2.31. The van der Waals surface area contributed by atoms with Crippen LogP contribution in [-0.4, -0.2) is 63.2 Å². The predicted octanol–water partition coefficient (Wildman–Crippen LogP) is 1.83. The lowest BCUT2D eigenvalue weighted by Crippen LogP contribution is -2.40. The van der Waals surface area contributed by atoms with Gasteiger partial charge in [0.1, 0.15) is 11.9 Å². The zero-order valence-corrected chi connectivity index (χ0v) is 19.3. The molecule has 0 saturated carbocycles. The van der Waals surface area contributed by atoms with E-state index in [-0.39, 0.29) is 37.6 Å². The predicted molar refractivity (Wildman–Crippen MR) is 120 cm³/mol. The second kappa shape index (κ2) is 11.2. The van der Waals surface area contributed by atoms with Gasteiger partial charge in [-0.2, -0.15) is 0 Å². The summed E-state index contributed by atoms with van der Waals surface area (Å²) in [6.45, 7) is 7.20. The van der Waals surface area contributed by atoms with Crippen molar-refractivity contribution in [2.45, 2.75) is 83.2 Å². The molecular formula is C25H36O7. The van der Waals surface area contributed by atoms with Crippen LogP contribution in [0.5, 0.6) is 0 Å². The summed E-state index contributed by atoms with van der Waals surface area (Å²) in [6, 6.07) is 7.19. The number of hydrogen-bond acceptors (Lipinski definition) is 7. The third-order valence-corrected chi connectivity index (χ3v) is 6.41. The maximum atomic E-state index is 12.8. The minimum atomic E-state index is -1.77. The van der Waals surface area contributed by atoms with Gasteiger partial charge in [0.25, 0.3) is 0 Å². The van der Waals surface area contributed by atoms with Gasteiger partial charge in [0.2, 0.25) is 0 Å². The zero-order chi connectivity index (χ0) is 24.1. The molecule has 0 spiro atoms. The highest BCUT2D eigenvalue weighted by molar-refractivity contribution is 5.81. The lowest BCUT2D eigenvalue weighted by Gasteiger charge is -2.32. The quantitative estimate of drug-likeness (QED) is 0.409. The van der Waals surface area contributed by atoms with Crippen LogP contribution in [0.2, 0.25) is 0 Å². The van der Waals surface area contributed by atoms with Gasteiger partial charge in [-0.25, -0.2) is 4.79 Å². The van der Waals surface area contributed by atoms with Crippen LogP contribution in [0.4, 0.5) is 0 Å². The molecule has 4 N–H and O–H groups in total. The van der Waals surface area contributed by atoms with Crippen molar-refractivity contribution in [2.24, 2.45) is 5.92 Å². The number of carbonyl (C=O) groups excluding carboxylic acids is 2. The first-order valence-corrected chi connectivity index (χ1v) is 11.1. The van der Waals surface area contributed by atoms with E-state index in [2.05, 4.69) is 0 Å². The number of esters is 1. The van der Waals surface area contributed by atoms with Crippen molar-refractivity contribution in [3.8, 4) is 0 Å². The van der Waals surface area contributed by atoms with Gasteiger partial charge in [0, 0.05) is 37.2 Å². The monoisotopic (exact) mass is 448 g/mol. The van der Waals surface area contributed by atoms with Crippen molar-refractivity contribution in [2.75, 3.05) is 6.61 Å². The molecule has 32 heavy (non-hydrogen) atoms. The fourth-order valence-corrected chi connectivity index (χ4v) is 3.85. The molecule has 2 bridgehead atoms. The fraction of sp³-hybridized carbons (Fsp3) is 0.600. The molecule has 1 heterocycles. The molecular weight excluding hydrogens is 412 g/mol. The number of cyclic esters (lactones) is 1. The third-order valence-electron chi connectivity index (χ3n) is 6.41. The average molecular weight is 449 g/mol. The molecule has 0 amide bonds.